The summed E-state index contributed by atoms with van der Waals surface area (Å²) in [7, 11) is 0. The SMILES string of the molecule is CC(NC(=O)C1(C(N)=NO)CCOCC1)C1CCOCC1. The van der Waals surface area contributed by atoms with E-state index in [1.165, 1.54) is 0 Å². The van der Waals surface area contributed by atoms with Crippen molar-refractivity contribution in [3.63, 3.8) is 0 Å². The molecule has 1 unspecified atom stereocenters. The molecule has 2 rings (SSSR count). The number of amides is 1. The fourth-order valence-electron chi connectivity index (χ4n) is 3.09. The Hall–Kier alpha value is -1.34. The molecule has 0 aromatic carbocycles. The van der Waals surface area contributed by atoms with E-state index in [-0.39, 0.29) is 17.8 Å². The van der Waals surface area contributed by atoms with E-state index < -0.39 is 5.41 Å². The number of carbonyl (C=O) groups excluding carboxylic acids is 1. The molecular formula is C14H25N3O4. The second-order valence-corrected chi connectivity index (χ2v) is 5.89. The van der Waals surface area contributed by atoms with Gasteiger partial charge in [0.05, 0.1) is 0 Å². The first-order valence-electron chi connectivity index (χ1n) is 7.54. The van der Waals surface area contributed by atoms with Crippen LogP contribution in [-0.4, -0.2) is 49.4 Å². The third-order valence-electron chi connectivity index (χ3n) is 4.71. The number of ether oxygens (including phenoxy) is 2. The molecular weight excluding hydrogens is 274 g/mol. The molecule has 21 heavy (non-hydrogen) atoms. The summed E-state index contributed by atoms with van der Waals surface area (Å²) in [6.45, 7) is 4.37. The fraction of sp³-hybridized carbons (Fsp3) is 0.857. The summed E-state index contributed by atoms with van der Waals surface area (Å²) < 4.78 is 10.6. The number of oxime groups is 1. The van der Waals surface area contributed by atoms with Gasteiger partial charge in [-0.25, -0.2) is 0 Å². The molecule has 0 aromatic heterocycles. The Kier molecular flexibility index (Phi) is 5.41. The van der Waals surface area contributed by atoms with E-state index in [9.17, 15) is 4.79 Å². The van der Waals surface area contributed by atoms with Crippen LogP contribution in [0.2, 0.25) is 0 Å². The predicted octanol–water partition coefficient (Wildman–Crippen LogP) is 0.461. The van der Waals surface area contributed by atoms with Gasteiger partial charge < -0.3 is 25.7 Å². The van der Waals surface area contributed by atoms with Crippen molar-refractivity contribution in [2.24, 2.45) is 22.2 Å². The Morgan fingerprint density at radius 1 is 1.29 bits per heavy atom. The quantitative estimate of drug-likeness (QED) is 0.303. The third-order valence-corrected chi connectivity index (χ3v) is 4.71. The minimum atomic E-state index is -0.952. The van der Waals surface area contributed by atoms with E-state index in [0.717, 1.165) is 26.1 Å². The van der Waals surface area contributed by atoms with Crippen LogP contribution in [0.5, 0.6) is 0 Å². The lowest BCUT2D eigenvalue weighted by atomic mass is 9.77. The zero-order valence-electron chi connectivity index (χ0n) is 12.5. The Bertz CT molecular complexity index is 388. The minimum Gasteiger partial charge on any atom is -0.409 e. The van der Waals surface area contributed by atoms with Crippen LogP contribution >= 0.6 is 0 Å². The summed E-state index contributed by atoms with van der Waals surface area (Å²) in [6.07, 6.45) is 2.77. The Labute approximate surface area is 124 Å². The number of carbonyl (C=O) groups is 1. The lowest BCUT2D eigenvalue weighted by molar-refractivity contribution is -0.133. The highest BCUT2D eigenvalue weighted by atomic mass is 16.5. The smallest absolute Gasteiger partial charge is 0.234 e. The maximum atomic E-state index is 12.7. The molecule has 0 radical (unpaired) electrons. The summed E-state index contributed by atoms with van der Waals surface area (Å²) in [5, 5.41) is 15.1. The van der Waals surface area contributed by atoms with Crippen LogP contribution in [0, 0.1) is 11.3 Å². The average molecular weight is 299 g/mol. The number of hydrogen-bond acceptors (Lipinski definition) is 5. The number of rotatable bonds is 4. The predicted molar refractivity (Wildman–Crippen MR) is 77.0 cm³/mol. The molecule has 2 saturated heterocycles. The minimum absolute atomic E-state index is 0.0255. The second kappa shape index (κ2) is 7.09. The number of nitrogens with two attached hydrogens (primary N) is 1. The number of hydrogen-bond donors (Lipinski definition) is 3. The maximum absolute atomic E-state index is 12.7. The first-order valence-corrected chi connectivity index (χ1v) is 7.54. The van der Waals surface area contributed by atoms with E-state index >= 15 is 0 Å². The van der Waals surface area contributed by atoms with E-state index in [4.69, 9.17) is 20.4 Å². The molecule has 0 aromatic rings. The monoisotopic (exact) mass is 299 g/mol. The number of amidine groups is 1. The third kappa shape index (κ3) is 3.47. The van der Waals surface area contributed by atoms with Gasteiger partial charge in [-0.2, -0.15) is 0 Å². The number of nitrogens with zero attached hydrogens (tertiary/aromatic N) is 1. The van der Waals surface area contributed by atoms with E-state index in [0.29, 0.717) is 32.0 Å². The zero-order chi connectivity index (χ0) is 15.3. The molecule has 2 fully saturated rings. The van der Waals surface area contributed by atoms with Crippen LogP contribution in [0.25, 0.3) is 0 Å². The highest BCUT2D eigenvalue weighted by Crippen LogP contribution is 2.32. The summed E-state index contributed by atoms with van der Waals surface area (Å²) in [4.78, 5) is 12.7. The molecule has 0 bridgehead atoms. The molecule has 2 aliphatic rings. The molecule has 2 aliphatic heterocycles. The summed E-state index contributed by atoms with van der Waals surface area (Å²) in [5.41, 5.74) is 4.85. The summed E-state index contributed by atoms with van der Waals surface area (Å²) in [6, 6.07) is 0.0487. The van der Waals surface area contributed by atoms with Gasteiger partial charge in [-0.15, -0.1) is 0 Å². The summed E-state index contributed by atoms with van der Waals surface area (Å²) in [5.74, 6) is 0.217. The molecule has 1 amide bonds. The Morgan fingerprint density at radius 2 is 1.86 bits per heavy atom. The molecule has 7 heteroatoms. The van der Waals surface area contributed by atoms with Crippen molar-refractivity contribution in [1.29, 1.82) is 0 Å². The Morgan fingerprint density at radius 3 is 2.43 bits per heavy atom. The molecule has 1 atom stereocenters. The highest BCUT2D eigenvalue weighted by molar-refractivity contribution is 6.06. The van der Waals surface area contributed by atoms with Crippen LogP contribution in [0.3, 0.4) is 0 Å². The molecule has 120 valence electrons. The van der Waals surface area contributed by atoms with Crippen LogP contribution in [0.15, 0.2) is 5.16 Å². The molecule has 4 N–H and O–H groups in total. The first kappa shape index (κ1) is 16.0. The van der Waals surface area contributed by atoms with Crippen molar-refractivity contribution in [3.8, 4) is 0 Å². The largest absolute Gasteiger partial charge is 0.409 e. The lowest BCUT2D eigenvalue weighted by Crippen LogP contribution is -2.55. The first-order chi connectivity index (χ1) is 10.1. The van der Waals surface area contributed by atoms with Crippen LogP contribution in [-0.2, 0) is 14.3 Å². The average Bonchev–Trinajstić information content (AvgIpc) is 2.55. The van der Waals surface area contributed by atoms with Crippen molar-refractivity contribution in [3.05, 3.63) is 0 Å². The topological polar surface area (TPSA) is 106 Å². The van der Waals surface area contributed by atoms with Crippen molar-refractivity contribution in [2.45, 2.75) is 38.6 Å². The zero-order valence-corrected chi connectivity index (χ0v) is 12.5. The van der Waals surface area contributed by atoms with Gasteiger partial charge in [0.2, 0.25) is 5.91 Å². The van der Waals surface area contributed by atoms with Crippen molar-refractivity contribution < 1.29 is 19.5 Å². The lowest BCUT2D eigenvalue weighted by Gasteiger charge is -2.37. The van der Waals surface area contributed by atoms with Gasteiger partial charge in [-0.05, 0) is 38.5 Å². The standard InChI is InChI=1S/C14H25N3O4/c1-10(11-2-6-20-7-3-11)16-13(18)14(12(15)17-19)4-8-21-9-5-14/h10-11,19H,2-9H2,1H3,(H2,15,17)(H,16,18). The van der Waals surface area contributed by atoms with Gasteiger partial charge >= 0.3 is 0 Å². The van der Waals surface area contributed by atoms with Gasteiger partial charge in [0.1, 0.15) is 5.41 Å². The van der Waals surface area contributed by atoms with E-state index in [1.807, 2.05) is 6.92 Å². The van der Waals surface area contributed by atoms with Crippen LogP contribution in [0.4, 0.5) is 0 Å². The van der Waals surface area contributed by atoms with Gasteiger partial charge in [-0.3, -0.25) is 4.79 Å². The summed E-state index contributed by atoms with van der Waals surface area (Å²) >= 11 is 0. The van der Waals surface area contributed by atoms with Crippen molar-refractivity contribution in [1.82, 2.24) is 5.32 Å². The van der Waals surface area contributed by atoms with Gasteiger partial charge in [0.25, 0.3) is 0 Å². The second-order valence-electron chi connectivity index (χ2n) is 5.89. The van der Waals surface area contributed by atoms with E-state index in [1.54, 1.807) is 0 Å². The highest BCUT2D eigenvalue weighted by Gasteiger charge is 2.45. The molecule has 2 heterocycles. The van der Waals surface area contributed by atoms with Crippen molar-refractivity contribution in [2.75, 3.05) is 26.4 Å². The molecule has 0 saturated carbocycles. The van der Waals surface area contributed by atoms with Gasteiger partial charge in [0, 0.05) is 32.5 Å². The van der Waals surface area contributed by atoms with E-state index in [2.05, 4.69) is 10.5 Å². The molecule has 7 nitrogen and oxygen atoms in total. The fourth-order valence-corrected chi connectivity index (χ4v) is 3.09. The van der Waals surface area contributed by atoms with Crippen LogP contribution in [0.1, 0.15) is 32.6 Å². The van der Waals surface area contributed by atoms with Crippen molar-refractivity contribution >= 4 is 11.7 Å². The maximum Gasteiger partial charge on any atom is 0.234 e. The number of nitrogens with one attached hydrogen (secondary N) is 1. The Balaban J connectivity index is 2.04. The normalized spacial score (nSPS) is 25.3. The van der Waals surface area contributed by atoms with Gasteiger partial charge in [0.15, 0.2) is 5.84 Å². The van der Waals surface area contributed by atoms with Gasteiger partial charge in [-0.1, -0.05) is 5.16 Å². The van der Waals surface area contributed by atoms with Crippen LogP contribution < -0.4 is 11.1 Å². The molecule has 0 spiro atoms. The molecule has 0 aliphatic carbocycles.